The minimum atomic E-state index is -0.239. The number of ether oxygens (including phenoxy) is 1. The quantitative estimate of drug-likeness (QED) is 0.904. The standard InChI is InChI=1S/C17H25FN2O2/c1-12-10-20(11-13(2)22-12)14(3)17(21)19-9-8-15-4-6-16(18)7-5-15/h4-7,12-14H,8-11H2,1-3H3,(H,19,21)/t12-,13+,14-/m1/s1. The Morgan fingerprint density at radius 2 is 1.91 bits per heavy atom. The number of carbonyl (C=O) groups excluding carboxylic acids is 1. The average molecular weight is 308 g/mol. The van der Waals surface area contributed by atoms with Gasteiger partial charge in [0.05, 0.1) is 18.2 Å². The maximum atomic E-state index is 12.8. The molecule has 1 amide bonds. The highest BCUT2D eigenvalue weighted by atomic mass is 19.1. The van der Waals surface area contributed by atoms with E-state index in [1.807, 2.05) is 20.8 Å². The second-order valence-electron chi connectivity index (χ2n) is 6.05. The summed E-state index contributed by atoms with van der Waals surface area (Å²) >= 11 is 0. The van der Waals surface area contributed by atoms with Crippen molar-refractivity contribution in [3.05, 3.63) is 35.6 Å². The van der Waals surface area contributed by atoms with Gasteiger partial charge in [0.2, 0.25) is 5.91 Å². The number of nitrogens with zero attached hydrogens (tertiary/aromatic N) is 1. The monoisotopic (exact) mass is 308 g/mol. The molecule has 2 rings (SSSR count). The maximum absolute atomic E-state index is 12.8. The number of rotatable bonds is 5. The van der Waals surface area contributed by atoms with Crippen LogP contribution < -0.4 is 5.32 Å². The maximum Gasteiger partial charge on any atom is 0.237 e. The first-order valence-electron chi connectivity index (χ1n) is 7.87. The van der Waals surface area contributed by atoms with Gasteiger partial charge in [0, 0.05) is 19.6 Å². The Kier molecular flexibility index (Phi) is 5.91. The van der Waals surface area contributed by atoms with Crippen LogP contribution in [0, 0.1) is 5.82 Å². The van der Waals surface area contributed by atoms with Crippen molar-refractivity contribution in [1.29, 1.82) is 0 Å². The highest BCUT2D eigenvalue weighted by Gasteiger charge is 2.28. The van der Waals surface area contributed by atoms with Gasteiger partial charge in [-0.2, -0.15) is 0 Å². The van der Waals surface area contributed by atoms with E-state index in [0.29, 0.717) is 13.0 Å². The van der Waals surface area contributed by atoms with Gasteiger partial charge >= 0.3 is 0 Å². The molecule has 3 atom stereocenters. The van der Waals surface area contributed by atoms with E-state index >= 15 is 0 Å². The molecule has 1 N–H and O–H groups in total. The van der Waals surface area contributed by atoms with Gasteiger partial charge in [-0.15, -0.1) is 0 Å². The molecular formula is C17H25FN2O2. The van der Waals surface area contributed by atoms with Gasteiger partial charge in [0.25, 0.3) is 0 Å². The van der Waals surface area contributed by atoms with Crippen LogP contribution in [0.15, 0.2) is 24.3 Å². The molecule has 4 nitrogen and oxygen atoms in total. The topological polar surface area (TPSA) is 41.6 Å². The predicted octanol–water partition coefficient (Wildman–Crippen LogP) is 1.98. The van der Waals surface area contributed by atoms with Crippen molar-refractivity contribution in [3.8, 4) is 0 Å². The smallest absolute Gasteiger partial charge is 0.237 e. The van der Waals surface area contributed by atoms with Crippen molar-refractivity contribution in [1.82, 2.24) is 10.2 Å². The first-order chi connectivity index (χ1) is 10.5. The molecule has 1 saturated heterocycles. The molecule has 0 aromatic heterocycles. The third-order valence-electron chi connectivity index (χ3n) is 4.00. The van der Waals surface area contributed by atoms with E-state index in [4.69, 9.17) is 4.74 Å². The molecule has 1 heterocycles. The van der Waals surface area contributed by atoms with Crippen molar-refractivity contribution in [3.63, 3.8) is 0 Å². The minimum Gasteiger partial charge on any atom is -0.373 e. The summed E-state index contributed by atoms with van der Waals surface area (Å²) in [5.41, 5.74) is 1.02. The number of carbonyl (C=O) groups is 1. The van der Waals surface area contributed by atoms with Crippen molar-refractivity contribution in [2.24, 2.45) is 0 Å². The molecule has 1 aromatic rings. The van der Waals surface area contributed by atoms with E-state index < -0.39 is 0 Å². The van der Waals surface area contributed by atoms with Gasteiger partial charge < -0.3 is 10.1 Å². The normalized spacial score (nSPS) is 24.0. The second-order valence-corrected chi connectivity index (χ2v) is 6.05. The number of hydrogen-bond acceptors (Lipinski definition) is 3. The first kappa shape index (κ1) is 16.9. The molecule has 1 aromatic carbocycles. The van der Waals surface area contributed by atoms with E-state index in [2.05, 4.69) is 10.2 Å². The molecule has 122 valence electrons. The minimum absolute atomic E-state index is 0.0309. The molecule has 0 spiro atoms. The molecule has 0 aliphatic carbocycles. The molecular weight excluding hydrogens is 283 g/mol. The van der Waals surface area contributed by atoms with Crippen LogP contribution in [0.1, 0.15) is 26.3 Å². The van der Waals surface area contributed by atoms with Crippen LogP contribution in [0.5, 0.6) is 0 Å². The van der Waals surface area contributed by atoms with E-state index in [1.165, 1.54) is 12.1 Å². The van der Waals surface area contributed by atoms with Gasteiger partial charge in [0.1, 0.15) is 5.82 Å². The Bertz CT molecular complexity index is 482. The summed E-state index contributed by atoms with van der Waals surface area (Å²) in [7, 11) is 0. The molecule has 1 aliphatic rings. The lowest BCUT2D eigenvalue weighted by molar-refractivity contribution is -0.131. The summed E-state index contributed by atoms with van der Waals surface area (Å²) in [4.78, 5) is 14.4. The Hall–Kier alpha value is -1.46. The fourth-order valence-electron chi connectivity index (χ4n) is 2.83. The van der Waals surface area contributed by atoms with Crippen LogP contribution in [-0.2, 0) is 16.0 Å². The molecule has 1 aliphatic heterocycles. The van der Waals surface area contributed by atoms with Crippen LogP contribution in [0.2, 0.25) is 0 Å². The molecule has 0 bridgehead atoms. The fourth-order valence-corrected chi connectivity index (χ4v) is 2.83. The van der Waals surface area contributed by atoms with Crippen molar-refractivity contribution >= 4 is 5.91 Å². The summed E-state index contributed by atoms with van der Waals surface area (Å²) < 4.78 is 18.5. The van der Waals surface area contributed by atoms with E-state index in [-0.39, 0.29) is 30.0 Å². The largest absolute Gasteiger partial charge is 0.373 e. The molecule has 1 fully saturated rings. The third kappa shape index (κ3) is 4.78. The van der Waals surface area contributed by atoms with E-state index in [9.17, 15) is 9.18 Å². The van der Waals surface area contributed by atoms with Gasteiger partial charge in [-0.05, 0) is 44.9 Å². The number of halogens is 1. The van der Waals surface area contributed by atoms with Gasteiger partial charge in [-0.1, -0.05) is 12.1 Å². The summed E-state index contributed by atoms with van der Waals surface area (Å²) in [6.07, 6.45) is 1.01. The van der Waals surface area contributed by atoms with Crippen LogP contribution in [0.3, 0.4) is 0 Å². The number of morpholine rings is 1. The number of benzene rings is 1. The Morgan fingerprint density at radius 1 is 1.32 bits per heavy atom. The Balaban J connectivity index is 1.77. The number of hydrogen-bond donors (Lipinski definition) is 1. The SMILES string of the molecule is C[C@@H]1CN([C@H](C)C(=O)NCCc2ccc(F)cc2)C[C@H](C)O1. The number of amides is 1. The van der Waals surface area contributed by atoms with E-state index in [1.54, 1.807) is 12.1 Å². The third-order valence-corrected chi connectivity index (χ3v) is 4.00. The molecule has 22 heavy (non-hydrogen) atoms. The van der Waals surface area contributed by atoms with Crippen LogP contribution in [0.25, 0.3) is 0 Å². The summed E-state index contributed by atoms with van der Waals surface area (Å²) in [6, 6.07) is 6.21. The molecule has 5 heteroatoms. The fraction of sp³-hybridized carbons (Fsp3) is 0.588. The zero-order valence-corrected chi connectivity index (χ0v) is 13.5. The van der Waals surface area contributed by atoms with Crippen LogP contribution >= 0.6 is 0 Å². The summed E-state index contributed by atoms with van der Waals surface area (Å²) in [5.74, 6) is -0.208. The van der Waals surface area contributed by atoms with Crippen molar-refractivity contribution in [2.45, 2.75) is 45.4 Å². The summed E-state index contributed by atoms with van der Waals surface area (Å²) in [6.45, 7) is 8.10. The van der Waals surface area contributed by atoms with Crippen LogP contribution in [-0.4, -0.2) is 48.7 Å². The lowest BCUT2D eigenvalue weighted by Gasteiger charge is -2.38. The van der Waals surface area contributed by atoms with Gasteiger partial charge in [-0.3, -0.25) is 9.69 Å². The lowest BCUT2D eigenvalue weighted by Crippen LogP contribution is -2.54. The molecule has 0 unspecified atom stereocenters. The Morgan fingerprint density at radius 3 is 2.50 bits per heavy atom. The molecule has 0 radical (unpaired) electrons. The summed E-state index contributed by atoms with van der Waals surface area (Å²) in [5, 5.41) is 2.96. The Labute approximate surface area is 131 Å². The zero-order valence-electron chi connectivity index (χ0n) is 13.5. The predicted molar refractivity (Wildman–Crippen MR) is 84.2 cm³/mol. The van der Waals surface area contributed by atoms with Gasteiger partial charge in [0.15, 0.2) is 0 Å². The lowest BCUT2D eigenvalue weighted by atomic mass is 10.1. The van der Waals surface area contributed by atoms with Crippen molar-refractivity contribution in [2.75, 3.05) is 19.6 Å². The first-order valence-corrected chi connectivity index (χ1v) is 7.87. The second kappa shape index (κ2) is 7.70. The van der Waals surface area contributed by atoms with Gasteiger partial charge in [-0.25, -0.2) is 4.39 Å². The van der Waals surface area contributed by atoms with Crippen LogP contribution in [0.4, 0.5) is 4.39 Å². The van der Waals surface area contributed by atoms with E-state index in [0.717, 1.165) is 18.7 Å². The zero-order chi connectivity index (χ0) is 16.1. The average Bonchev–Trinajstić information content (AvgIpc) is 2.47. The molecule has 0 saturated carbocycles. The highest BCUT2D eigenvalue weighted by Crippen LogP contribution is 2.13. The van der Waals surface area contributed by atoms with Crippen molar-refractivity contribution < 1.29 is 13.9 Å². The number of nitrogens with one attached hydrogen (secondary N) is 1. The highest BCUT2D eigenvalue weighted by molar-refractivity contribution is 5.81.